The van der Waals surface area contributed by atoms with Crippen LogP contribution < -0.4 is 5.32 Å². The molecule has 1 atom stereocenters. The highest BCUT2D eigenvalue weighted by molar-refractivity contribution is 8.00. The van der Waals surface area contributed by atoms with Crippen LogP contribution in [0.25, 0.3) is 11.0 Å². The van der Waals surface area contributed by atoms with E-state index in [0.29, 0.717) is 10.2 Å². The Morgan fingerprint density at radius 1 is 1.33 bits per heavy atom. The Balaban J connectivity index is 1.77. The van der Waals surface area contributed by atoms with Crippen LogP contribution in [-0.4, -0.2) is 20.7 Å². The minimum atomic E-state index is -0.458. The van der Waals surface area contributed by atoms with Crippen molar-refractivity contribution in [3.8, 4) is 0 Å². The van der Waals surface area contributed by atoms with Crippen molar-refractivity contribution in [3.63, 3.8) is 0 Å². The van der Waals surface area contributed by atoms with Crippen LogP contribution in [0.3, 0.4) is 0 Å². The number of hydrogen-bond donors (Lipinski definition) is 1. The van der Waals surface area contributed by atoms with Gasteiger partial charge in [-0.2, -0.15) is 0 Å². The molecule has 0 spiro atoms. The van der Waals surface area contributed by atoms with Crippen LogP contribution in [0.1, 0.15) is 6.92 Å². The van der Waals surface area contributed by atoms with E-state index in [4.69, 9.17) is 11.6 Å². The molecule has 7 heteroatoms. The van der Waals surface area contributed by atoms with Crippen molar-refractivity contribution in [1.82, 2.24) is 9.55 Å². The topological polar surface area (TPSA) is 46.9 Å². The molecule has 0 aliphatic carbocycles. The minimum absolute atomic E-state index is 0.173. The molecule has 3 rings (SSSR count). The van der Waals surface area contributed by atoms with Gasteiger partial charge in [0.2, 0.25) is 5.91 Å². The summed E-state index contributed by atoms with van der Waals surface area (Å²) in [6.07, 6.45) is 0. The second-order valence-electron chi connectivity index (χ2n) is 5.32. The van der Waals surface area contributed by atoms with Crippen molar-refractivity contribution in [2.45, 2.75) is 17.3 Å². The molecule has 3 aromatic rings. The summed E-state index contributed by atoms with van der Waals surface area (Å²) in [6.45, 7) is 1.76. The lowest BCUT2D eigenvalue weighted by Gasteiger charge is -2.12. The number of para-hydroxylation sites is 1. The second kappa shape index (κ2) is 6.83. The molecule has 1 N–H and O–H groups in total. The SMILES string of the molecule is CC(Sc1nc2cc(Cl)ccc2n1C)C(=O)Nc1ccccc1F. The summed E-state index contributed by atoms with van der Waals surface area (Å²) in [5.74, 6) is -0.740. The molecule has 0 saturated heterocycles. The molecule has 1 heterocycles. The van der Waals surface area contributed by atoms with Gasteiger partial charge in [0.1, 0.15) is 5.82 Å². The van der Waals surface area contributed by atoms with Crippen LogP contribution in [0, 0.1) is 5.82 Å². The van der Waals surface area contributed by atoms with Crippen molar-refractivity contribution in [2.24, 2.45) is 7.05 Å². The molecular weight excluding hydrogens is 349 g/mol. The van der Waals surface area contributed by atoms with Crippen molar-refractivity contribution in [3.05, 3.63) is 53.3 Å². The van der Waals surface area contributed by atoms with Gasteiger partial charge in [-0.15, -0.1) is 0 Å². The van der Waals surface area contributed by atoms with Gasteiger partial charge in [0, 0.05) is 12.1 Å². The number of amides is 1. The van der Waals surface area contributed by atoms with Gasteiger partial charge in [-0.1, -0.05) is 35.5 Å². The minimum Gasteiger partial charge on any atom is -0.323 e. The van der Waals surface area contributed by atoms with Crippen LogP contribution in [0.5, 0.6) is 0 Å². The van der Waals surface area contributed by atoms with Crippen molar-refractivity contribution < 1.29 is 9.18 Å². The predicted octanol–water partition coefficient (Wildman–Crippen LogP) is 4.49. The van der Waals surface area contributed by atoms with Crippen LogP contribution in [0.4, 0.5) is 10.1 Å². The number of imidazole rings is 1. The molecule has 24 heavy (non-hydrogen) atoms. The lowest BCUT2D eigenvalue weighted by atomic mass is 10.3. The van der Waals surface area contributed by atoms with E-state index in [-0.39, 0.29) is 11.6 Å². The molecule has 0 bridgehead atoms. The summed E-state index contributed by atoms with van der Waals surface area (Å²) in [6, 6.07) is 11.6. The zero-order chi connectivity index (χ0) is 17.3. The summed E-state index contributed by atoms with van der Waals surface area (Å²) >= 11 is 7.30. The lowest BCUT2D eigenvalue weighted by molar-refractivity contribution is -0.115. The van der Waals surface area contributed by atoms with E-state index >= 15 is 0 Å². The molecule has 0 saturated carbocycles. The zero-order valence-corrected chi connectivity index (χ0v) is 14.7. The molecule has 0 radical (unpaired) electrons. The van der Waals surface area contributed by atoms with Gasteiger partial charge in [-0.05, 0) is 37.3 Å². The highest BCUT2D eigenvalue weighted by atomic mass is 35.5. The number of carbonyl (C=O) groups excluding carboxylic acids is 1. The summed E-state index contributed by atoms with van der Waals surface area (Å²) in [5, 5.41) is 3.48. The summed E-state index contributed by atoms with van der Waals surface area (Å²) < 4.78 is 15.5. The number of nitrogens with one attached hydrogen (secondary N) is 1. The molecule has 0 aliphatic rings. The van der Waals surface area contributed by atoms with Crippen molar-refractivity contribution in [2.75, 3.05) is 5.32 Å². The monoisotopic (exact) mass is 363 g/mol. The van der Waals surface area contributed by atoms with Crippen molar-refractivity contribution in [1.29, 1.82) is 0 Å². The molecule has 124 valence electrons. The quantitative estimate of drug-likeness (QED) is 0.695. The number of hydrogen-bond acceptors (Lipinski definition) is 3. The van der Waals surface area contributed by atoms with Gasteiger partial charge < -0.3 is 9.88 Å². The van der Waals surface area contributed by atoms with E-state index in [2.05, 4.69) is 10.3 Å². The average molecular weight is 364 g/mol. The Labute approximate surface area is 148 Å². The molecule has 0 aliphatic heterocycles. The summed E-state index contributed by atoms with van der Waals surface area (Å²) in [5.41, 5.74) is 1.88. The third kappa shape index (κ3) is 3.39. The number of carbonyl (C=O) groups is 1. The normalized spacial score (nSPS) is 12.3. The lowest BCUT2D eigenvalue weighted by Crippen LogP contribution is -2.23. The Kier molecular flexibility index (Phi) is 4.78. The zero-order valence-electron chi connectivity index (χ0n) is 13.1. The molecule has 2 aromatic carbocycles. The first kappa shape index (κ1) is 16.8. The maximum absolute atomic E-state index is 13.6. The number of halogens is 2. The third-order valence-corrected chi connectivity index (χ3v) is 4.96. The maximum Gasteiger partial charge on any atom is 0.237 e. The summed E-state index contributed by atoms with van der Waals surface area (Å²) in [4.78, 5) is 16.8. The van der Waals surface area contributed by atoms with Crippen LogP contribution >= 0.6 is 23.4 Å². The Morgan fingerprint density at radius 3 is 2.83 bits per heavy atom. The Morgan fingerprint density at radius 2 is 2.08 bits per heavy atom. The average Bonchev–Trinajstić information content (AvgIpc) is 2.84. The fourth-order valence-electron chi connectivity index (χ4n) is 2.26. The second-order valence-corrected chi connectivity index (χ2v) is 7.06. The first-order valence-electron chi connectivity index (χ1n) is 7.29. The number of aromatic nitrogens is 2. The largest absolute Gasteiger partial charge is 0.323 e. The number of fused-ring (bicyclic) bond motifs is 1. The smallest absolute Gasteiger partial charge is 0.237 e. The Hall–Kier alpha value is -2.05. The molecule has 1 amide bonds. The van der Waals surface area contributed by atoms with E-state index in [1.54, 1.807) is 31.2 Å². The van der Waals surface area contributed by atoms with E-state index in [0.717, 1.165) is 11.0 Å². The standard InChI is InChI=1S/C17H15ClFN3OS/c1-10(16(23)20-13-6-4-3-5-12(13)19)24-17-21-14-9-11(18)7-8-15(14)22(17)2/h3-10H,1-2H3,(H,20,23). The first-order valence-corrected chi connectivity index (χ1v) is 8.55. The van der Waals surface area contributed by atoms with Gasteiger partial charge in [0.15, 0.2) is 5.16 Å². The van der Waals surface area contributed by atoms with E-state index in [9.17, 15) is 9.18 Å². The number of rotatable bonds is 4. The highest BCUT2D eigenvalue weighted by Gasteiger charge is 2.19. The number of nitrogens with zero attached hydrogens (tertiary/aromatic N) is 2. The van der Waals surface area contributed by atoms with E-state index < -0.39 is 11.1 Å². The van der Waals surface area contributed by atoms with Gasteiger partial charge in [0.05, 0.1) is 22.0 Å². The van der Waals surface area contributed by atoms with Crippen LogP contribution in [0.2, 0.25) is 5.02 Å². The number of anilines is 1. The fraction of sp³-hybridized carbons (Fsp3) is 0.176. The predicted molar refractivity (Wildman–Crippen MR) is 96.1 cm³/mol. The van der Waals surface area contributed by atoms with Gasteiger partial charge in [-0.3, -0.25) is 4.79 Å². The molecule has 0 fully saturated rings. The number of aryl methyl sites for hydroxylation is 1. The van der Waals surface area contributed by atoms with Crippen LogP contribution in [-0.2, 0) is 11.8 Å². The highest BCUT2D eigenvalue weighted by Crippen LogP contribution is 2.28. The molecule has 1 unspecified atom stereocenters. The van der Waals surface area contributed by atoms with Gasteiger partial charge in [0.25, 0.3) is 0 Å². The number of thioether (sulfide) groups is 1. The first-order chi connectivity index (χ1) is 11.5. The van der Waals surface area contributed by atoms with Gasteiger partial charge >= 0.3 is 0 Å². The Bertz CT molecular complexity index is 912. The number of benzene rings is 2. The molecular formula is C17H15ClFN3OS. The molecule has 1 aromatic heterocycles. The van der Waals surface area contributed by atoms with Crippen LogP contribution in [0.15, 0.2) is 47.6 Å². The fourth-order valence-corrected chi connectivity index (χ4v) is 3.32. The van der Waals surface area contributed by atoms with E-state index in [1.807, 2.05) is 17.7 Å². The maximum atomic E-state index is 13.6. The van der Waals surface area contributed by atoms with Gasteiger partial charge in [-0.25, -0.2) is 9.37 Å². The van der Waals surface area contributed by atoms with Crippen molar-refractivity contribution >= 4 is 46.0 Å². The summed E-state index contributed by atoms with van der Waals surface area (Å²) in [7, 11) is 1.88. The third-order valence-electron chi connectivity index (χ3n) is 3.58. The van der Waals surface area contributed by atoms with E-state index in [1.165, 1.54) is 23.9 Å². The molecule has 4 nitrogen and oxygen atoms in total.